The van der Waals surface area contributed by atoms with Crippen LogP contribution in [0.25, 0.3) is 0 Å². The fraction of sp³-hybridized carbons (Fsp3) is 0.467. The number of nitrogens with zero attached hydrogens (tertiary/aromatic N) is 1. The fourth-order valence-electron chi connectivity index (χ4n) is 2.46. The summed E-state index contributed by atoms with van der Waals surface area (Å²) in [7, 11) is 3.57. The lowest BCUT2D eigenvalue weighted by Crippen LogP contribution is -2.48. The summed E-state index contributed by atoms with van der Waals surface area (Å²) in [5.41, 5.74) is 2.51. The average molecular weight is 275 g/mol. The quantitative estimate of drug-likeness (QED) is 0.876. The minimum Gasteiger partial charge on any atom is -0.387 e. The molecule has 1 aliphatic heterocycles. The maximum absolute atomic E-state index is 12.4. The van der Waals surface area contributed by atoms with E-state index in [1.165, 1.54) is 0 Å². The van der Waals surface area contributed by atoms with E-state index < -0.39 is 0 Å². The van der Waals surface area contributed by atoms with E-state index in [2.05, 4.69) is 10.6 Å². The molecular weight excluding hydrogens is 254 g/mol. The van der Waals surface area contributed by atoms with Crippen molar-refractivity contribution in [1.29, 1.82) is 0 Å². The number of rotatable bonds is 3. The highest BCUT2D eigenvalue weighted by atomic mass is 16.2. The number of benzene rings is 1. The first-order valence-electron chi connectivity index (χ1n) is 6.84. The van der Waals surface area contributed by atoms with Gasteiger partial charge >= 0.3 is 0 Å². The third kappa shape index (κ3) is 3.10. The van der Waals surface area contributed by atoms with Crippen LogP contribution in [0.5, 0.6) is 0 Å². The number of carbonyl (C=O) groups excluding carboxylic acids is 2. The molecule has 5 nitrogen and oxygen atoms in total. The normalized spacial score (nSPS) is 18.9. The van der Waals surface area contributed by atoms with Gasteiger partial charge in [0.05, 0.1) is 5.56 Å². The van der Waals surface area contributed by atoms with Gasteiger partial charge in [-0.2, -0.15) is 0 Å². The van der Waals surface area contributed by atoms with Gasteiger partial charge in [-0.3, -0.25) is 9.59 Å². The molecule has 2 N–H and O–H groups in total. The van der Waals surface area contributed by atoms with Crippen molar-refractivity contribution in [2.75, 3.05) is 26.0 Å². The summed E-state index contributed by atoms with van der Waals surface area (Å²) >= 11 is 0. The van der Waals surface area contributed by atoms with Crippen LogP contribution in [-0.2, 0) is 4.79 Å². The van der Waals surface area contributed by atoms with Crippen molar-refractivity contribution in [1.82, 2.24) is 10.2 Å². The van der Waals surface area contributed by atoms with Crippen LogP contribution in [0.15, 0.2) is 18.2 Å². The Balaban J connectivity index is 2.09. The topological polar surface area (TPSA) is 61.4 Å². The highest BCUT2D eigenvalue weighted by Crippen LogP contribution is 2.18. The van der Waals surface area contributed by atoms with Crippen LogP contribution in [0.3, 0.4) is 0 Å². The van der Waals surface area contributed by atoms with Crippen molar-refractivity contribution in [3.05, 3.63) is 29.3 Å². The lowest BCUT2D eigenvalue weighted by atomic mass is 10.0. The monoisotopic (exact) mass is 275 g/mol. The molecule has 1 unspecified atom stereocenters. The average Bonchev–Trinajstić information content (AvgIpc) is 2.43. The molecule has 0 spiro atoms. The molecule has 0 bridgehead atoms. The second-order valence-corrected chi connectivity index (χ2v) is 5.28. The number of piperidine rings is 1. The summed E-state index contributed by atoms with van der Waals surface area (Å²) in [6.07, 6.45) is 1.20. The molecule has 2 rings (SSSR count). The molecule has 108 valence electrons. The van der Waals surface area contributed by atoms with E-state index in [0.29, 0.717) is 24.9 Å². The lowest BCUT2D eigenvalue weighted by molar-refractivity contribution is -0.132. The Hall–Kier alpha value is -2.04. The zero-order chi connectivity index (χ0) is 14.7. The van der Waals surface area contributed by atoms with Crippen molar-refractivity contribution in [2.24, 2.45) is 0 Å². The SMILES string of the molecule is CNc1ccc(C)cc1C(=O)NC1CCC(=O)N(C)C1. The third-order valence-corrected chi connectivity index (χ3v) is 3.65. The van der Waals surface area contributed by atoms with Gasteiger partial charge in [-0.05, 0) is 25.5 Å². The molecule has 1 saturated heterocycles. The van der Waals surface area contributed by atoms with Gasteiger partial charge in [0.2, 0.25) is 5.91 Å². The predicted octanol–water partition coefficient (Wildman–Crippen LogP) is 1.39. The number of carbonyl (C=O) groups is 2. The van der Waals surface area contributed by atoms with Gasteiger partial charge in [-0.1, -0.05) is 11.6 Å². The number of anilines is 1. The standard InChI is InChI=1S/C15H21N3O2/c1-10-4-6-13(16-2)12(8-10)15(20)17-11-5-7-14(19)18(3)9-11/h4,6,8,11,16H,5,7,9H2,1-3H3,(H,17,20). The molecule has 1 atom stereocenters. The van der Waals surface area contributed by atoms with Gasteiger partial charge in [0.15, 0.2) is 0 Å². The van der Waals surface area contributed by atoms with Gasteiger partial charge in [-0.15, -0.1) is 0 Å². The molecule has 5 heteroatoms. The zero-order valence-electron chi connectivity index (χ0n) is 12.2. The highest BCUT2D eigenvalue weighted by molar-refractivity contribution is 6.00. The Morgan fingerprint density at radius 2 is 2.15 bits per heavy atom. The number of nitrogens with one attached hydrogen (secondary N) is 2. The number of likely N-dealkylation sites (tertiary alicyclic amines) is 1. The Morgan fingerprint density at radius 3 is 2.80 bits per heavy atom. The molecule has 2 amide bonds. The van der Waals surface area contributed by atoms with Gasteiger partial charge < -0.3 is 15.5 Å². The van der Waals surface area contributed by atoms with E-state index in [0.717, 1.165) is 11.3 Å². The van der Waals surface area contributed by atoms with Crippen molar-refractivity contribution < 1.29 is 9.59 Å². The first-order valence-corrected chi connectivity index (χ1v) is 6.84. The number of hydrogen-bond acceptors (Lipinski definition) is 3. The Kier molecular flexibility index (Phi) is 4.27. The largest absolute Gasteiger partial charge is 0.387 e. The number of aryl methyl sites for hydroxylation is 1. The van der Waals surface area contributed by atoms with Crippen LogP contribution in [-0.4, -0.2) is 43.4 Å². The van der Waals surface area contributed by atoms with Crippen LogP contribution in [0.2, 0.25) is 0 Å². The lowest BCUT2D eigenvalue weighted by Gasteiger charge is -2.30. The minimum absolute atomic E-state index is 0.0235. The summed E-state index contributed by atoms with van der Waals surface area (Å²) in [6.45, 7) is 2.54. The van der Waals surface area contributed by atoms with Gasteiger partial charge in [0.25, 0.3) is 5.91 Å². The van der Waals surface area contributed by atoms with Gasteiger partial charge in [0.1, 0.15) is 0 Å². The number of amides is 2. The summed E-state index contributed by atoms with van der Waals surface area (Å²) in [4.78, 5) is 25.5. The Bertz CT molecular complexity index is 528. The molecule has 1 aromatic rings. The molecule has 0 radical (unpaired) electrons. The first kappa shape index (κ1) is 14.4. The van der Waals surface area contributed by atoms with E-state index >= 15 is 0 Å². The van der Waals surface area contributed by atoms with Crippen LogP contribution in [0.1, 0.15) is 28.8 Å². The molecule has 20 heavy (non-hydrogen) atoms. The molecule has 1 heterocycles. The van der Waals surface area contributed by atoms with Crippen LogP contribution in [0.4, 0.5) is 5.69 Å². The molecule has 0 aliphatic carbocycles. The van der Waals surface area contributed by atoms with E-state index in [1.54, 1.807) is 19.0 Å². The smallest absolute Gasteiger partial charge is 0.253 e. The third-order valence-electron chi connectivity index (χ3n) is 3.65. The molecule has 1 fully saturated rings. The van der Waals surface area contributed by atoms with Gasteiger partial charge in [-0.25, -0.2) is 0 Å². The van der Waals surface area contributed by atoms with E-state index in [4.69, 9.17) is 0 Å². The summed E-state index contributed by atoms with van der Waals surface area (Å²) in [6, 6.07) is 5.77. The first-order chi connectivity index (χ1) is 9.51. The summed E-state index contributed by atoms with van der Waals surface area (Å²) < 4.78 is 0. The van der Waals surface area contributed by atoms with Gasteiger partial charge in [0, 0.05) is 38.8 Å². The number of likely N-dealkylation sites (N-methyl/N-ethyl adjacent to an activating group) is 1. The molecule has 1 aliphatic rings. The van der Waals surface area contributed by atoms with Crippen LogP contribution in [0, 0.1) is 6.92 Å². The van der Waals surface area contributed by atoms with E-state index in [-0.39, 0.29) is 17.9 Å². The van der Waals surface area contributed by atoms with Crippen molar-refractivity contribution in [3.63, 3.8) is 0 Å². The predicted molar refractivity (Wildman–Crippen MR) is 78.9 cm³/mol. The second kappa shape index (κ2) is 5.94. The molecular formula is C15H21N3O2. The van der Waals surface area contributed by atoms with Crippen molar-refractivity contribution >= 4 is 17.5 Å². The second-order valence-electron chi connectivity index (χ2n) is 5.28. The highest BCUT2D eigenvalue weighted by Gasteiger charge is 2.24. The van der Waals surface area contributed by atoms with Crippen molar-refractivity contribution in [3.8, 4) is 0 Å². The number of hydrogen-bond donors (Lipinski definition) is 2. The van der Waals surface area contributed by atoms with Crippen LogP contribution >= 0.6 is 0 Å². The maximum atomic E-state index is 12.4. The van der Waals surface area contributed by atoms with Crippen LogP contribution < -0.4 is 10.6 Å². The zero-order valence-corrected chi connectivity index (χ0v) is 12.2. The van der Waals surface area contributed by atoms with E-state index in [9.17, 15) is 9.59 Å². The van der Waals surface area contributed by atoms with E-state index in [1.807, 2.05) is 25.1 Å². The molecule has 0 aromatic heterocycles. The Labute approximate surface area is 119 Å². The van der Waals surface area contributed by atoms with Crippen molar-refractivity contribution in [2.45, 2.75) is 25.8 Å². The fourth-order valence-corrected chi connectivity index (χ4v) is 2.46. The summed E-state index contributed by atoms with van der Waals surface area (Å²) in [5.74, 6) is 0.0489. The molecule has 0 saturated carbocycles. The Morgan fingerprint density at radius 1 is 1.40 bits per heavy atom. The molecule has 1 aromatic carbocycles. The maximum Gasteiger partial charge on any atom is 0.253 e. The summed E-state index contributed by atoms with van der Waals surface area (Å²) in [5, 5.41) is 6.05. The minimum atomic E-state index is -0.0919.